The molecule has 1 unspecified atom stereocenters. The fourth-order valence-electron chi connectivity index (χ4n) is 4.44. The minimum atomic E-state index is -0.995. The van der Waals surface area contributed by atoms with Gasteiger partial charge in [-0.15, -0.1) is 11.3 Å². The number of hydrogen-bond acceptors (Lipinski definition) is 9. The zero-order valence-corrected chi connectivity index (χ0v) is 22.8. The quantitative estimate of drug-likeness (QED) is 0.445. The molecule has 11 heteroatoms. The molecule has 2 heterocycles. The summed E-state index contributed by atoms with van der Waals surface area (Å²) < 4.78 is 16.9. The van der Waals surface area contributed by atoms with E-state index in [4.69, 9.17) is 15.2 Å². The van der Waals surface area contributed by atoms with E-state index in [1.54, 1.807) is 24.3 Å². The number of nitrogens with two attached hydrogens (primary N) is 1. The first-order chi connectivity index (χ1) is 18.6. The molecule has 39 heavy (non-hydrogen) atoms. The van der Waals surface area contributed by atoms with Crippen LogP contribution in [0.4, 0.5) is 5.69 Å². The number of benzene rings is 2. The molecule has 3 aromatic rings. The van der Waals surface area contributed by atoms with Crippen LogP contribution in [-0.4, -0.2) is 37.8 Å². The molecule has 1 aromatic heterocycles. The highest BCUT2D eigenvalue weighted by Gasteiger charge is 2.37. The number of methoxy groups -OCH3 is 3. The minimum Gasteiger partial charge on any atom is -0.497 e. The molecular weight excluding hydrogens is 520 g/mol. The monoisotopic (exact) mass is 546 g/mol. The number of nitrogens with one attached hydrogen (secondary N) is 1. The molecule has 2 aromatic carbocycles. The molecule has 0 radical (unpaired) electrons. The number of aromatic nitrogens is 1. The molecule has 1 aliphatic rings. The van der Waals surface area contributed by atoms with E-state index in [1.165, 1.54) is 21.3 Å². The van der Waals surface area contributed by atoms with Crippen LogP contribution < -0.4 is 35.3 Å². The van der Waals surface area contributed by atoms with Crippen LogP contribution in [0.15, 0.2) is 46.8 Å². The van der Waals surface area contributed by atoms with Gasteiger partial charge in [-0.1, -0.05) is 23.8 Å². The fraction of sp³-hybridized carbons (Fsp3) is 0.214. The number of ether oxygens (including phenoxy) is 3. The van der Waals surface area contributed by atoms with Crippen molar-refractivity contribution >= 4 is 46.4 Å². The van der Waals surface area contributed by atoms with Crippen molar-refractivity contribution in [1.29, 1.82) is 5.26 Å². The van der Waals surface area contributed by atoms with Gasteiger partial charge in [0.25, 0.3) is 11.5 Å². The average molecular weight is 547 g/mol. The minimum absolute atomic E-state index is 0.00347. The summed E-state index contributed by atoms with van der Waals surface area (Å²) in [6.07, 6.45) is 1.03. The lowest BCUT2D eigenvalue weighted by Gasteiger charge is -2.27. The van der Waals surface area contributed by atoms with Crippen molar-refractivity contribution in [1.82, 2.24) is 4.57 Å². The van der Waals surface area contributed by atoms with Gasteiger partial charge in [0.05, 0.1) is 44.5 Å². The van der Waals surface area contributed by atoms with E-state index in [2.05, 4.69) is 16.1 Å². The van der Waals surface area contributed by atoms with E-state index in [9.17, 15) is 19.6 Å². The third-order valence-electron chi connectivity index (χ3n) is 6.35. The van der Waals surface area contributed by atoms with Crippen molar-refractivity contribution in [3.8, 4) is 17.6 Å². The molecule has 1 amide bonds. The number of esters is 1. The second-order valence-electron chi connectivity index (χ2n) is 8.72. The summed E-state index contributed by atoms with van der Waals surface area (Å²) in [5.74, 6) is -1.58. The second-order valence-corrected chi connectivity index (χ2v) is 9.75. The van der Waals surface area contributed by atoms with Gasteiger partial charge >= 0.3 is 5.97 Å². The summed E-state index contributed by atoms with van der Waals surface area (Å²) >= 11 is 0.902. The van der Waals surface area contributed by atoms with E-state index in [0.29, 0.717) is 22.7 Å². The van der Waals surface area contributed by atoms with Crippen molar-refractivity contribution in [2.45, 2.75) is 19.8 Å². The van der Waals surface area contributed by atoms with Gasteiger partial charge < -0.3 is 25.3 Å². The molecule has 0 saturated carbocycles. The Morgan fingerprint density at radius 2 is 1.87 bits per heavy atom. The molecule has 200 valence electrons. The summed E-state index contributed by atoms with van der Waals surface area (Å²) in [4.78, 5) is 39.3. The molecule has 0 saturated heterocycles. The molecule has 0 fully saturated rings. The Bertz CT molecular complexity index is 1760. The zero-order chi connectivity index (χ0) is 28.4. The Hall–Kier alpha value is -4.82. The fourth-order valence-corrected chi connectivity index (χ4v) is 5.58. The van der Waals surface area contributed by atoms with E-state index in [1.807, 2.05) is 26.0 Å². The molecule has 1 atom stereocenters. The predicted octanol–water partition coefficient (Wildman–Crippen LogP) is 1.74. The van der Waals surface area contributed by atoms with Gasteiger partial charge in [0.1, 0.15) is 26.5 Å². The molecule has 0 aliphatic carbocycles. The SMILES string of the molecule is COC(=O)/C=c1\sc2n(c1=O)C(N)=C(C#N)C(c1ccc(OC)cc1OC)C=2C(=O)Nc1ccc(C)cc1C. The summed E-state index contributed by atoms with van der Waals surface area (Å²) in [7, 11) is 4.15. The van der Waals surface area contributed by atoms with Crippen LogP contribution in [0, 0.1) is 25.2 Å². The number of aryl methyl sites for hydroxylation is 2. The third-order valence-corrected chi connectivity index (χ3v) is 7.45. The summed E-state index contributed by atoms with van der Waals surface area (Å²) in [6.45, 7) is 3.80. The number of fused-ring (bicyclic) bond motifs is 1. The van der Waals surface area contributed by atoms with Crippen molar-refractivity contribution in [3.05, 3.63) is 78.2 Å². The summed E-state index contributed by atoms with van der Waals surface area (Å²) in [5.41, 5.74) is 8.69. The highest BCUT2D eigenvalue weighted by atomic mass is 32.1. The van der Waals surface area contributed by atoms with Gasteiger partial charge in [-0.05, 0) is 31.5 Å². The number of rotatable bonds is 6. The van der Waals surface area contributed by atoms with E-state index >= 15 is 0 Å². The first-order valence-electron chi connectivity index (χ1n) is 11.7. The predicted molar refractivity (Wildman–Crippen MR) is 148 cm³/mol. The number of anilines is 1. The van der Waals surface area contributed by atoms with E-state index in [0.717, 1.165) is 33.1 Å². The largest absolute Gasteiger partial charge is 0.497 e. The highest BCUT2D eigenvalue weighted by molar-refractivity contribution is 7.07. The maximum atomic E-state index is 14.0. The number of amides is 1. The van der Waals surface area contributed by atoms with Crippen molar-refractivity contribution < 1.29 is 23.8 Å². The van der Waals surface area contributed by atoms with Crippen LogP contribution in [0.1, 0.15) is 22.6 Å². The first-order valence-corrected chi connectivity index (χ1v) is 12.5. The topological polar surface area (TPSA) is 146 Å². The maximum Gasteiger partial charge on any atom is 0.332 e. The molecule has 4 rings (SSSR count). The first kappa shape index (κ1) is 27.2. The lowest BCUT2D eigenvalue weighted by atomic mass is 9.82. The van der Waals surface area contributed by atoms with Gasteiger partial charge in [0, 0.05) is 23.4 Å². The van der Waals surface area contributed by atoms with Gasteiger partial charge in [-0.25, -0.2) is 4.79 Å². The van der Waals surface area contributed by atoms with E-state index in [-0.39, 0.29) is 26.2 Å². The van der Waals surface area contributed by atoms with Gasteiger partial charge in [0.15, 0.2) is 0 Å². The molecule has 1 aliphatic heterocycles. The molecule has 0 bridgehead atoms. The third kappa shape index (κ3) is 4.89. The Morgan fingerprint density at radius 1 is 1.13 bits per heavy atom. The number of nitrogens with zero attached hydrogens (tertiary/aromatic N) is 2. The standard InChI is InChI=1S/C28H26N4O6S/c1-14-6-9-19(15(2)10-14)31-26(34)24-23(17-8-7-16(36-3)11-20(17)37-4)18(13-29)25(30)32-27(35)21(39-28(24)32)12-22(33)38-5/h6-12,23H,30H2,1-5H3,(H,31,34)/b21-12-. The number of allylic oxidation sites excluding steroid dienone is 1. The summed E-state index contributed by atoms with van der Waals surface area (Å²) in [5, 5.41) is 13.2. The highest BCUT2D eigenvalue weighted by Crippen LogP contribution is 2.42. The van der Waals surface area contributed by atoms with Crippen LogP contribution in [0.3, 0.4) is 0 Å². The molecular formula is C28H26N4O6S. The zero-order valence-electron chi connectivity index (χ0n) is 21.9. The second kappa shape index (κ2) is 10.9. The van der Waals surface area contributed by atoms with Crippen LogP contribution in [0.2, 0.25) is 0 Å². The molecule has 0 spiro atoms. The smallest absolute Gasteiger partial charge is 0.332 e. The Balaban J connectivity index is 2.09. The van der Waals surface area contributed by atoms with Crippen LogP contribution in [0.25, 0.3) is 17.5 Å². The van der Waals surface area contributed by atoms with Crippen molar-refractivity contribution in [3.63, 3.8) is 0 Å². The lowest BCUT2D eigenvalue weighted by Crippen LogP contribution is -2.41. The maximum absolute atomic E-state index is 14.0. The Morgan fingerprint density at radius 3 is 2.49 bits per heavy atom. The van der Waals surface area contributed by atoms with Gasteiger partial charge in [-0.3, -0.25) is 14.2 Å². The van der Waals surface area contributed by atoms with Gasteiger partial charge in [-0.2, -0.15) is 5.26 Å². The number of hydrogen-bond donors (Lipinski definition) is 2. The van der Waals surface area contributed by atoms with E-state index < -0.39 is 23.4 Å². The number of thiazole rings is 1. The Labute approximate surface area is 227 Å². The normalized spacial score (nSPS) is 14.9. The van der Waals surface area contributed by atoms with Crippen LogP contribution in [0.5, 0.6) is 11.5 Å². The molecule has 3 N–H and O–H groups in total. The Kier molecular flexibility index (Phi) is 7.60. The number of nitriles is 1. The lowest BCUT2D eigenvalue weighted by molar-refractivity contribution is -0.133. The number of carbonyl (C=O) groups is 2. The van der Waals surface area contributed by atoms with Crippen molar-refractivity contribution in [2.24, 2.45) is 5.73 Å². The van der Waals surface area contributed by atoms with Gasteiger partial charge in [0.2, 0.25) is 0 Å². The van der Waals surface area contributed by atoms with Crippen LogP contribution in [-0.2, 0) is 14.3 Å². The molecule has 10 nitrogen and oxygen atoms in total. The van der Waals surface area contributed by atoms with Crippen LogP contribution >= 0.6 is 11.3 Å². The number of carbonyl (C=O) groups excluding carboxylic acids is 2. The van der Waals surface area contributed by atoms with Crippen molar-refractivity contribution in [2.75, 3.05) is 26.6 Å². The summed E-state index contributed by atoms with van der Waals surface area (Å²) in [6, 6.07) is 12.6. The average Bonchev–Trinajstić information content (AvgIpc) is 3.24.